The van der Waals surface area contributed by atoms with E-state index in [1.54, 1.807) is 17.6 Å². The Kier molecular flexibility index (Phi) is 3.77. The maximum absolute atomic E-state index is 12.2. The van der Waals surface area contributed by atoms with Gasteiger partial charge in [0.15, 0.2) is 0 Å². The molecule has 0 bridgehead atoms. The number of carbonyl (C=O) groups excluding carboxylic acids is 1. The summed E-state index contributed by atoms with van der Waals surface area (Å²) in [5.74, 6) is 0.800. The minimum absolute atomic E-state index is 0.0195. The van der Waals surface area contributed by atoms with Crippen molar-refractivity contribution in [3.63, 3.8) is 0 Å². The highest BCUT2D eigenvalue weighted by Gasteiger charge is 2.14. The number of nitrogens with zero attached hydrogens (tertiary/aromatic N) is 1. The van der Waals surface area contributed by atoms with Gasteiger partial charge in [-0.2, -0.15) is 0 Å². The lowest BCUT2D eigenvalue weighted by atomic mass is 10.1. The fourth-order valence-electron chi connectivity index (χ4n) is 1.61. The molecule has 18 heavy (non-hydrogen) atoms. The molecule has 1 heterocycles. The number of rotatable bonds is 4. The molecular formula is C14H15NO2S. The minimum Gasteiger partial charge on any atom is -0.491 e. The van der Waals surface area contributed by atoms with Gasteiger partial charge in [0.2, 0.25) is 5.78 Å². The standard InChI is InChI=1S/C14H15NO2S/c1-9(2)17-12-6-4-11(5-7-12)13(16)14-10(3)15-8-18-14/h4-9H,1-3H3. The van der Waals surface area contributed by atoms with Gasteiger partial charge in [0, 0.05) is 5.56 Å². The van der Waals surface area contributed by atoms with Gasteiger partial charge < -0.3 is 4.74 Å². The van der Waals surface area contributed by atoms with Gasteiger partial charge in [-0.1, -0.05) is 0 Å². The van der Waals surface area contributed by atoms with Crippen molar-refractivity contribution >= 4 is 17.1 Å². The van der Waals surface area contributed by atoms with Crippen LogP contribution in [0.25, 0.3) is 0 Å². The van der Waals surface area contributed by atoms with Crippen molar-refractivity contribution in [1.82, 2.24) is 4.98 Å². The summed E-state index contributed by atoms with van der Waals surface area (Å²) in [4.78, 5) is 17.0. The monoisotopic (exact) mass is 261 g/mol. The highest BCUT2D eigenvalue weighted by molar-refractivity contribution is 7.12. The smallest absolute Gasteiger partial charge is 0.204 e. The van der Waals surface area contributed by atoms with Crippen molar-refractivity contribution in [2.75, 3.05) is 0 Å². The van der Waals surface area contributed by atoms with Crippen LogP contribution in [0.15, 0.2) is 29.8 Å². The van der Waals surface area contributed by atoms with Crippen LogP contribution >= 0.6 is 11.3 Å². The number of aryl methyl sites for hydroxylation is 1. The highest BCUT2D eigenvalue weighted by atomic mass is 32.1. The number of carbonyl (C=O) groups is 1. The molecule has 3 nitrogen and oxygen atoms in total. The van der Waals surface area contributed by atoms with Gasteiger partial charge >= 0.3 is 0 Å². The average molecular weight is 261 g/mol. The summed E-state index contributed by atoms with van der Waals surface area (Å²) in [5, 5.41) is 0. The number of hydrogen-bond donors (Lipinski definition) is 0. The quantitative estimate of drug-likeness (QED) is 0.791. The van der Waals surface area contributed by atoms with E-state index >= 15 is 0 Å². The molecule has 0 radical (unpaired) electrons. The lowest BCUT2D eigenvalue weighted by molar-refractivity contribution is 0.104. The van der Waals surface area contributed by atoms with Gasteiger partial charge in [0.1, 0.15) is 5.75 Å². The predicted octanol–water partition coefficient (Wildman–Crippen LogP) is 3.47. The number of thiazole rings is 1. The van der Waals surface area contributed by atoms with Crippen molar-refractivity contribution < 1.29 is 9.53 Å². The maximum atomic E-state index is 12.2. The Morgan fingerprint density at radius 1 is 1.28 bits per heavy atom. The zero-order chi connectivity index (χ0) is 13.1. The van der Waals surface area contributed by atoms with Crippen molar-refractivity contribution in [3.8, 4) is 5.75 Å². The van der Waals surface area contributed by atoms with Gasteiger partial charge in [-0.3, -0.25) is 4.79 Å². The molecule has 0 saturated heterocycles. The first kappa shape index (κ1) is 12.8. The van der Waals surface area contributed by atoms with Gasteiger partial charge in [0.25, 0.3) is 0 Å². The molecule has 0 N–H and O–H groups in total. The summed E-state index contributed by atoms with van der Waals surface area (Å²) in [6.45, 7) is 5.79. The Morgan fingerprint density at radius 3 is 2.44 bits per heavy atom. The Morgan fingerprint density at radius 2 is 1.94 bits per heavy atom. The lowest BCUT2D eigenvalue weighted by Gasteiger charge is -2.09. The van der Waals surface area contributed by atoms with E-state index in [1.165, 1.54) is 11.3 Å². The molecule has 0 aliphatic carbocycles. The fourth-order valence-corrected chi connectivity index (χ4v) is 2.37. The third-order valence-electron chi connectivity index (χ3n) is 2.44. The van der Waals surface area contributed by atoms with E-state index in [0.717, 1.165) is 11.4 Å². The van der Waals surface area contributed by atoms with Crippen LogP contribution in [0.2, 0.25) is 0 Å². The Bertz CT molecular complexity index is 543. The van der Waals surface area contributed by atoms with Crippen LogP contribution in [0.1, 0.15) is 34.8 Å². The van der Waals surface area contributed by atoms with Gasteiger partial charge in [-0.05, 0) is 45.0 Å². The van der Waals surface area contributed by atoms with Crippen LogP contribution in [0.4, 0.5) is 0 Å². The molecule has 1 aromatic carbocycles. The first-order valence-electron chi connectivity index (χ1n) is 5.79. The van der Waals surface area contributed by atoms with E-state index in [1.807, 2.05) is 32.9 Å². The third-order valence-corrected chi connectivity index (χ3v) is 3.37. The Labute approximate surface area is 110 Å². The largest absolute Gasteiger partial charge is 0.491 e. The molecule has 0 fully saturated rings. The van der Waals surface area contributed by atoms with E-state index in [0.29, 0.717) is 10.4 Å². The summed E-state index contributed by atoms with van der Waals surface area (Å²) in [5.41, 5.74) is 3.14. The van der Waals surface area contributed by atoms with Crippen molar-refractivity contribution in [1.29, 1.82) is 0 Å². The third kappa shape index (κ3) is 2.76. The Hall–Kier alpha value is -1.68. The van der Waals surface area contributed by atoms with Crippen molar-refractivity contribution in [3.05, 3.63) is 45.9 Å². The van der Waals surface area contributed by atoms with E-state index < -0.39 is 0 Å². The van der Waals surface area contributed by atoms with Crippen LogP contribution < -0.4 is 4.74 Å². The molecule has 2 aromatic rings. The average Bonchev–Trinajstić information content (AvgIpc) is 2.75. The van der Waals surface area contributed by atoms with E-state index in [9.17, 15) is 4.79 Å². The van der Waals surface area contributed by atoms with Gasteiger partial charge in [-0.15, -0.1) is 11.3 Å². The molecule has 4 heteroatoms. The molecular weight excluding hydrogens is 246 g/mol. The first-order chi connectivity index (χ1) is 8.58. The van der Waals surface area contributed by atoms with Crippen molar-refractivity contribution in [2.45, 2.75) is 26.9 Å². The lowest BCUT2D eigenvalue weighted by Crippen LogP contribution is -2.06. The van der Waals surface area contributed by atoms with E-state index in [4.69, 9.17) is 4.74 Å². The topological polar surface area (TPSA) is 39.2 Å². The van der Waals surface area contributed by atoms with Crippen LogP contribution in [-0.2, 0) is 0 Å². The van der Waals surface area contributed by atoms with E-state index in [2.05, 4.69) is 4.98 Å². The number of ether oxygens (including phenoxy) is 1. The SMILES string of the molecule is Cc1ncsc1C(=O)c1ccc(OC(C)C)cc1. The second-order valence-electron chi connectivity index (χ2n) is 4.29. The molecule has 0 aliphatic heterocycles. The normalized spacial score (nSPS) is 10.7. The number of hydrogen-bond acceptors (Lipinski definition) is 4. The van der Waals surface area contributed by atoms with Crippen molar-refractivity contribution in [2.24, 2.45) is 0 Å². The summed E-state index contributed by atoms with van der Waals surface area (Å²) in [6.07, 6.45) is 0.135. The molecule has 0 amide bonds. The zero-order valence-corrected chi connectivity index (χ0v) is 11.5. The minimum atomic E-state index is 0.0195. The summed E-state index contributed by atoms with van der Waals surface area (Å²) >= 11 is 1.38. The second-order valence-corrected chi connectivity index (χ2v) is 5.14. The maximum Gasteiger partial charge on any atom is 0.204 e. The molecule has 0 aliphatic rings. The summed E-state index contributed by atoms with van der Waals surface area (Å²) in [7, 11) is 0. The highest BCUT2D eigenvalue weighted by Crippen LogP contribution is 2.20. The van der Waals surface area contributed by atoms with Gasteiger partial charge in [0.05, 0.1) is 22.2 Å². The molecule has 2 rings (SSSR count). The number of aromatic nitrogens is 1. The molecule has 1 aromatic heterocycles. The fraction of sp³-hybridized carbons (Fsp3) is 0.286. The number of ketones is 1. The molecule has 0 unspecified atom stereocenters. The van der Waals surface area contributed by atoms with Crippen LogP contribution in [-0.4, -0.2) is 16.9 Å². The molecule has 0 atom stereocenters. The van der Waals surface area contributed by atoms with Crippen LogP contribution in [0.3, 0.4) is 0 Å². The summed E-state index contributed by atoms with van der Waals surface area (Å²) < 4.78 is 5.54. The second kappa shape index (κ2) is 5.31. The van der Waals surface area contributed by atoms with E-state index in [-0.39, 0.29) is 11.9 Å². The summed E-state index contributed by atoms with van der Waals surface area (Å²) in [6, 6.07) is 7.23. The van der Waals surface area contributed by atoms with Crippen LogP contribution in [0.5, 0.6) is 5.75 Å². The Balaban J connectivity index is 2.20. The number of benzene rings is 1. The van der Waals surface area contributed by atoms with Crippen LogP contribution in [0, 0.1) is 6.92 Å². The zero-order valence-electron chi connectivity index (χ0n) is 10.6. The molecule has 94 valence electrons. The first-order valence-corrected chi connectivity index (χ1v) is 6.67. The van der Waals surface area contributed by atoms with Gasteiger partial charge in [-0.25, -0.2) is 4.98 Å². The molecule has 0 spiro atoms. The predicted molar refractivity (Wildman–Crippen MR) is 72.5 cm³/mol. The molecule has 0 saturated carbocycles.